The molecule has 1 fully saturated rings. The van der Waals surface area contributed by atoms with Crippen molar-refractivity contribution in [2.75, 3.05) is 19.6 Å². The highest BCUT2D eigenvalue weighted by atomic mass is 15.2. The first-order valence-corrected chi connectivity index (χ1v) is 5.92. The summed E-state index contributed by atoms with van der Waals surface area (Å²) in [6.45, 7) is 15.1. The van der Waals surface area contributed by atoms with Crippen molar-refractivity contribution in [1.29, 1.82) is 0 Å². The zero-order valence-corrected chi connectivity index (χ0v) is 10.4. The lowest BCUT2D eigenvalue weighted by atomic mass is 9.87. The molecule has 84 valence electrons. The molecule has 1 N–H and O–H groups in total. The average molecular weight is 198 g/mol. The maximum Gasteiger partial charge on any atom is 0.0207 e. The molecule has 1 saturated heterocycles. The minimum Gasteiger partial charge on any atom is -0.313 e. The first kappa shape index (κ1) is 12.0. The van der Waals surface area contributed by atoms with E-state index < -0.39 is 0 Å². The summed E-state index contributed by atoms with van der Waals surface area (Å²) in [5.41, 5.74) is 0.404. The smallest absolute Gasteiger partial charge is 0.0207 e. The van der Waals surface area contributed by atoms with E-state index >= 15 is 0 Å². The minimum absolute atomic E-state index is 0.404. The van der Waals surface area contributed by atoms with Gasteiger partial charge in [-0.3, -0.25) is 4.90 Å². The fourth-order valence-electron chi connectivity index (χ4n) is 2.14. The van der Waals surface area contributed by atoms with Crippen LogP contribution in [-0.4, -0.2) is 36.6 Å². The van der Waals surface area contributed by atoms with Gasteiger partial charge in [-0.25, -0.2) is 0 Å². The van der Waals surface area contributed by atoms with Crippen LogP contribution in [0.3, 0.4) is 0 Å². The number of rotatable bonds is 3. The lowest BCUT2D eigenvalue weighted by Gasteiger charge is -2.35. The Morgan fingerprint density at radius 2 is 2.07 bits per heavy atom. The van der Waals surface area contributed by atoms with Gasteiger partial charge < -0.3 is 5.32 Å². The molecule has 0 spiro atoms. The second-order valence-corrected chi connectivity index (χ2v) is 5.58. The summed E-state index contributed by atoms with van der Waals surface area (Å²) in [5, 5.41) is 3.54. The van der Waals surface area contributed by atoms with E-state index in [-0.39, 0.29) is 0 Å². The summed E-state index contributed by atoms with van der Waals surface area (Å²) in [5.74, 6) is 0. The number of hydrogen-bond donors (Lipinski definition) is 1. The molecule has 1 aliphatic heterocycles. The molecular formula is C12H26N2. The Morgan fingerprint density at radius 3 is 2.57 bits per heavy atom. The summed E-state index contributed by atoms with van der Waals surface area (Å²) < 4.78 is 0. The topological polar surface area (TPSA) is 15.3 Å². The Kier molecular flexibility index (Phi) is 3.96. The van der Waals surface area contributed by atoms with E-state index in [0.29, 0.717) is 11.5 Å². The molecule has 1 rings (SSSR count). The van der Waals surface area contributed by atoms with Crippen LogP contribution in [-0.2, 0) is 0 Å². The molecule has 0 aromatic rings. The molecule has 0 saturated carbocycles. The highest BCUT2D eigenvalue weighted by Gasteiger charge is 2.31. The van der Waals surface area contributed by atoms with Gasteiger partial charge >= 0.3 is 0 Å². The van der Waals surface area contributed by atoms with Gasteiger partial charge in [0.05, 0.1) is 0 Å². The summed E-state index contributed by atoms with van der Waals surface area (Å²) in [4.78, 5) is 2.62. The largest absolute Gasteiger partial charge is 0.313 e. The van der Waals surface area contributed by atoms with E-state index in [1.165, 1.54) is 19.5 Å². The molecule has 14 heavy (non-hydrogen) atoms. The van der Waals surface area contributed by atoms with Gasteiger partial charge in [0.15, 0.2) is 0 Å². The average Bonchev–Trinajstić information content (AvgIpc) is 2.50. The molecule has 2 heteroatoms. The highest BCUT2D eigenvalue weighted by molar-refractivity contribution is 4.88. The van der Waals surface area contributed by atoms with Crippen LogP contribution in [0.5, 0.6) is 0 Å². The highest BCUT2D eigenvalue weighted by Crippen LogP contribution is 2.26. The molecule has 0 aromatic heterocycles. The number of likely N-dealkylation sites (tertiary alicyclic amines) is 1. The monoisotopic (exact) mass is 198 g/mol. The van der Waals surface area contributed by atoms with Crippen molar-refractivity contribution < 1.29 is 0 Å². The number of likely N-dealkylation sites (N-methyl/N-ethyl adjacent to an activating group) is 1. The molecular weight excluding hydrogens is 172 g/mol. The predicted molar refractivity (Wildman–Crippen MR) is 62.6 cm³/mol. The van der Waals surface area contributed by atoms with E-state index in [0.717, 1.165) is 12.6 Å². The Labute approximate surface area is 89.1 Å². The van der Waals surface area contributed by atoms with Gasteiger partial charge in [0.1, 0.15) is 0 Å². The molecule has 0 aromatic carbocycles. The summed E-state index contributed by atoms with van der Waals surface area (Å²) in [6, 6.07) is 1.41. The third kappa shape index (κ3) is 2.96. The molecule has 1 aliphatic rings. The fraction of sp³-hybridized carbons (Fsp3) is 1.00. The van der Waals surface area contributed by atoms with E-state index in [9.17, 15) is 0 Å². The van der Waals surface area contributed by atoms with Crippen LogP contribution < -0.4 is 5.32 Å². The number of nitrogens with zero attached hydrogens (tertiary/aromatic N) is 1. The first-order chi connectivity index (χ1) is 6.45. The molecule has 2 atom stereocenters. The van der Waals surface area contributed by atoms with Crippen LogP contribution in [0.15, 0.2) is 0 Å². The Bertz CT molecular complexity index is 172. The van der Waals surface area contributed by atoms with Crippen molar-refractivity contribution in [3.8, 4) is 0 Å². The first-order valence-electron chi connectivity index (χ1n) is 5.92. The van der Waals surface area contributed by atoms with Crippen molar-refractivity contribution in [3.05, 3.63) is 0 Å². The lowest BCUT2D eigenvalue weighted by molar-refractivity contribution is 0.137. The van der Waals surface area contributed by atoms with Gasteiger partial charge in [-0.1, -0.05) is 27.7 Å². The molecule has 0 radical (unpaired) electrons. The van der Waals surface area contributed by atoms with Crippen LogP contribution in [0, 0.1) is 5.41 Å². The van der Waals surface area contributed by atoms with Gasteiger partial charge in [0, 0.05) is 25.2 Å². The SMILES string of the molecule is CCNC1CCN(C(C)C(C)(C)C)C1. The van der Waals surface area contributed by atoms with Crippen molar-refractivity contribution in [3.63, 3.8) is 0 Å². The van der Waals surface area contributed by atoms with E-state index in [2.05, 4.69) is 44.8 Å². The van der Waals surface area contributed by atoms with Gasteiger partial charge in [-0.05, 0) is 25.3 Å². The van der Waals surface area contributed by atoms with Crippen LogP contribution >= 0.6 is 0 Å². The third-order valence-corrected chi connectivity index (χ3v) is 3.51. The van der Waals surface area contributed by atoms with Crippen molar-refractivity contribution in [1.82, 2.24) is 10.2 Å². The Morgan fingerprint density at radius 1 is 1.43 bits per heavy atom. The molecule has 0 aliphatic carbocycles. The maximum atomic E-state index is 3.54. The standard InChI is InChI=1S/C12H26N2/c1-6-13-11-7-8-14(9-11)10(2)12(3,4)5/h10-11,13H,6-9H2,1-5H3. The zero-order chi connectivity index (χ0) is 10.8. The molecule has 2 unspecified atom stereocenters. The summed E-state index contributed by atoms with van der Waals surface area (Å²) in [7, 11) is 0. The van der Waals surface area contributed by atoms with Crippen molar-refractivity contribution in [2.45, 2.75) is 53.1 Å². The molecule has 1 heterocycles. The maximum absolute atomic E-state index is 3.54. The molecule has 0 amide bonds. The van der Waals surface area contributed by atoms with Gasteiger partial charge in [-0.15, -0.1) is 0 Å². The quantitative estimate of drug-likeness (QED) is 0.747. The fourth-order valence-corrected chi connectivity index (χ4v) is 2.14. The summed E-state index contributed by atoms with van der Waals surface area (Å²) >= 11 is 0. The zero-order valence-electron chi connectivity index (χ0n) is 10.4. The number of hydrogen-bond acceptors (Lipinski definition) is 2. The van der Waals surface area contributed by atoms with Crippen molar-refractivity contribution in [2.24, 2.45) is 5.41 Å². The van der Waals surface area contributed by atoms with Crippen LogP contribution in [0.4, 0.5) is 0 Å². The van der Waals surface area contributed by atoms with E-state index in [4.69, 9.17) is 0 Å². The Balaban J connectivity index is 2.41. The van der Waals surface area contributed by atoms with Crippen LogP contribution in [0.2, 0.25) is 0 Å². The Hall–Kier alpha value is -0.0800. The van der Waals surface area contributed by atoms with Gasteiger partial charge in [-0.2, -0.15) is 0 Å². The number of nitrogens with one attached hydrogen (secondary N) is 1. The minimum atomic E-state index is 0.404. The van der Waals surface area contributed by atoms with Gasteiger partial charge in [0.2, 0.25) is 0 Å². The molecule has 0 bridgehead atoms. The normalized spacial score (nSPS) is 26.8. The van der Waals surface area contributed by atoms with E-state index in [1.54, 1.807) is 0 Å². The predicted octanol–water partition coefficient (Wildman–Crippen LogP) is 2.10. The second-order valence-electron chi connectivity index (χ2n) is 5.58. The van der Waals surface area contributed by atoms with Crippen LogP contribution in [0.1, 0.15) is 41.0 Å². The third-order valence-electron chi connectivity index (χ3n) is 3.51. The molecule has 2 nitrogen and oxygen atoms in total. The van der Waals surface area contributed by atoms with Gasteiger partial charge in [0.25, 0.3) is 0 Å². The lowest BCUT2D eigenvalue weighted by Crippen LogP contribution is -2.42. The van der Waals surface area contributed by atoms with Crippen LogP contribution in [0.25, 0.3) is 0 Å². The van der Waals surface area contributed by atoms with Crippen molar-refractivity contribution >= 4 is 0 Å². The summed E-state index contributed by atoms with van der Waals surface area (Å²) in [6.07, 6.45) is 1.31. The van der Waals surface area contributed by atoms with E-state index in [1.807, 2.05) is 0 Å². The second kappa shape index (κ2) is 4.63.